The summed E-state index contributed by atoms with van der Waals surface area (Å²) in [5, 5.41) is 0. The van der Waals surface area contributed by atoms with E-state index >= 15 is 0 Å². The summed E-state index contributed by atoms with van der Waals surface area (Å²) in [5.74, 6) is 0. The van der Waals surface area contributed by atoms with E-state index in [0.717, 1.165) is 32.6 Å². The van der Waals surface area contributed by atoms with Gasteiger partial charge in [-0.2, -0.15) is 0 Å². The molecule has 1 fully saturated rings. The first-order valence-corrected chi connectivity index (χ1v) is 6.69. The Kier molecular flexibility index (Phi) is 2.98. The van der Waals surface area contributed by atoms with Gasteiger partial charge in [-0.05, 0) is 18.2 Å². The van der Waals surface area contributed by atoms with Crippen LogP contribution in [0.15, 0.2) is 30.3 Å². The Morgan fingerprint density at radius 1 is 1.11 bits per heavy atom. The van der Waals surface area contributed by atoms with E-state index in [1.54, 1.807) is 0 Å². The summed E-state index contributed by atoms with van der Waals surface area (Å²) in [5.41, 5.74) is 8.98. The lowest BCUT2D eigenvalue weighted by Gasteiger charge is -2.46. The minimum absolute atomic E-state index is 0.313. The van der Waals surface area contributed by atoms with Crippen LogP contribution in [-0.2, 0) is 5.66 Å². The van der Waals surface area contributed by atoms with Crippen LogP contribution in [0.2, 0.25) is 0 Å². The summed E-state index contributed by atoms with van der Waals surface area (Å²) < 4.78 is 0. The number of benzene rings is 1. The molecular weight excluding hydrogens is 222 g/mol. The monoisotopic (exact) mass is 243 g/mol. The Hall–Kier alpha value is -1.16. The molecule has 1 aliphatic heterocycles. The van der Waals surface area contributed by atoms with E-state index in [4.69, 9.17) is 5.73 Å². The van der Waals surface area contributed by atoms with E-state index in [2.05, 4.69) is 53.3 Å². The molecule has 1 heterocycles. The third-order valence-electron chi connectivity index (χ3n) is 4.22. The van der Waals surface area contributed by atoms with Gasteiger partial charge in [-0.1, -0.05) is 36.4 Å². The van der Waals surface area contributed by atoms with E-state index in [1.165, 1.54) is 11.1 Å². The van der Waals surface area contributed by atoms with Gasteiger partial charge in [0.15, 0.2) is 0 Å². The normalized spacial score (nSPS) is 29.2. The van der Waals surface area contributed by atoms with Crippen LogP contribution >= 0.6 is 0 Å². The smallest absolute Gasteiger partial charge is 0.0992 e. The van der Waals surface area contributed by atoms with E-state index < -0.39 is 0 Å². The highest BCUT2D eigenvalue weighted by Gasteiger charge is 2.37. The zero-order chi connectivity index (χ0) is 12.6. The highest BCUT2D eigenvalue weighted by Crippen LogP contribution is 2.34. The topological polar surface area (TPSA) is 32.5 Å². The Morgan fingerprint density at radius 2 is 1.83 bits per heavy atom. The standard InChI is InChI=1S/C15H21N3/c1-17-9-11-18(12-10-17)15(16)8-4-6-13-5-2-3-7-14(13)15/h2-7H,8-12,16H2,1H3. The first-order valence-electron chi connectivity index (χ1n) is 6.69. The highest BCUT2D eigenvalue weighted by atomic mass is 15.3. The fourth-order valence-corrected chi connectivity index (χ4v) is 3.02. The lowest BCUT2D eigenvalue weighted by Crippen LogP contribution is -2.59. The van der Waals surface area contributed by atoms with Crippen molar-refractivity contribution >= 4 is 6.08 Å². The van der Waals surface area contributed by atoms with Gasteiger partial charge in [0.25, 0.3) is 0 Å². The third-order valence-corrected chi connectivity index (χ3v) is 4.22. The molecule has 0 bridgehead atoms. The minimum atomic E-state index is -0.313. The largest absolute Gasteiger partial charge is 0.309 e. The zero-order valence-electron chi connectivity index (χ0n) is 11.0. The summed E-state index contributed by atoms with van der Waals surface area (Å²) in [4.78, 5) is 4.81. The van der Waals surface area contributed by atoms with Gasteiger partial charge in [0, 0.05) is 32.6 Å². The summed E-state index contributed by atoms with van der Waals surface area (Å²) in [7, 11) is 2.18. The van der Waals surface area contributed by atoms with Crippen LogP contribution < -0.4 is 5.73 Å². The van der Waals surface area contributed by atoms with Crippen molar-refractivity contribution in [2.45, 2.75) is 12.1 Å². The molecule has 2 aliphatic rings. The minimum Gasteiger partial charge on any atom is -0.309 e. The molecule has 1 unspecified atom stereocenters. The number of likely N-dealkylation sites (N-methyl/N-ethyl adjacent to an activating group) is 1. The number of fused-ring (bicyclic) bond motifs is 1. The molecule has 0 saturated carbocycles. The average Bonchev–Trinajstić information content (AvgIpc) is 2.40. The average molecular weight is 243 g/mol. The maximum absolute atomic E-state index is 6.75. The van der Waals surface area contributed by atoms with Crippen molar-refractivity contribution in [3.05, 3.63) is 41.5 Å². The van der Waals surface area contributed by atoms with E-state index in [-0.39, 0.29) is 5.66 Å². The Balaban J connectivity index is 1.93. The van der Waals surface area contributed by atoms with Crippen LogP contribution in [0.25, 0.3) is 6.08 Å². The maximum atomic E-state index is 6.75. The molecule has 1 saturated heterocycles. The number of rotatable bonds is 1. The second-order valence-electron chi connectivity index (χ2n) is 5.41. The van der Waals surface area contributed by atoms with Crippen molar-refractivity contribution in [2.75, 3.05) is 33.2 Å². The summed E-state index contributed by atoms with van der Waals surface area (Å²) >= 11 is 0. The molecule has 3 rings (SSSR count). The summed E-state index contributed by atoms with van der Waals surface area (Å²) in [6.07, 6.45) is 5.31. The van der Waals surface area contributed by atoms with Gasteiger partial charge < -0.3 is 10.6 Å². The van der Waals surface area contributed by atoms with Gasteiger partial charge in [0.05, 0.1) is 5.66 Å². The predicted molar refractivity (Wildman–Crippen MR) is 75.0 cm³/mol. The second kappa shape index (κ2) is 4.50. The molecule has 1 atom stereocenters. The van der Waals surface area contributed by atoms with Gasteiger partial charge in [0.1, 0.15) is 0 Å². The number of nitrogens with zero attached hydrogens (tertiary/aromatic N) is 2. The van der Waals surface area contributed by atoms with Crippen molar-refractivity contribution in [3.63, 3.8) is 0 Å². The first-order chi connectivity index (χ1) is 8.70. The van der Waals surface area contributed by atoms with Crippen LogP contribution in [0.3, 0.4) is 0 Å². The lowest BCUT2D eigenvalue weighted by atomic mass is 9.86. The van der Waals surface area contributed by atoms with Crippen molar-refractivity contribution in [2.24, 2.45) is 5.73 Å². The van der Waals surface area contributed by atoms with Crippen LogP contribution in [-0.4, -0.2) is 43.0 Å². The molecule has 1 aromatic rings. The molecule has 2 N–H and O–H groups in total. The van der Waals surface area contributed by atoms with Gasteiger partial charge in [0.2, 0.25) is 0 Å². The van der Waals surface area contributed by atoms with Crippen LogP contribution in [0.4, 0.5) is 0 Å². The highest BCUT2D eigenvalue weighted by molar-refractivity contribution is 5.58. The molecule has 0 spiro atoms. The number of hydrogen-bond acceptors (Lipinski definition) is 3. The van der Waals surface area contributed by atoms with E-state index in [9.17, 15) is 0 Å². The van der Waals surface area contributed by atoms with Gasteiger partial charge in [-0.15, -0.1) is 0 Å². The van der Waals surface area contributed by atoms with Crippen molar-refractivity contribution < 1.29 is 0 Å². The Labute approximate surface area is 109 Å². The number of hydrogen-bond donors (Lipinski definition) is 1. The van der Waals surface area contributed by atoms with Gasteiger partial charge >= 0.3 is 0 Å². The molecule has 0 amide bonds. The number of piperazine rings is 1. The van der Waals surface area contributed by atoms with Crippen LogP contribution in [0, 0.1) is 0 Å². The first kappa shape index (κ1) is 11.9. The molecule has 3 nitrogen and oxygen atoms in total. The fraction of sp³-hybridized carbons (Fsp3) is 0.467. The van der Waals surface area contributed by atoms with Gasteiger partial charge in [-0.25, -0.2) is 0 Å². The zero-order valence-corrected chi connectivity index (χ0v) is 11.0. The number of nitrogens with two attached hydrogens (primary N) is 1. The molecule has 3 heteroatoms. The fourth-order valence-electron chi connectivity index (χ4n) is 3.02. The molecular formula is C15H21N3. The van der Waals surface area contributed by atoms with E-state index in [0.29, 0.717) is 0 Å². The molecule has 18 heavy (non-hydrogen) atoms. The maximum Gasteiger partial charge on any atom is 0.0992 e. The van der Waals surface area contributed by atoms with Crippen LogP contribution in [0.1, 0.15) is 17.5 Å². The predicted octanol–water partition coefficient (Wildman–Crippen LogP) is 1.46. The Morgan fingerprint density at radius 3 is 2.61 bits per heavy atom. The molecule has 0 aromatic heterocycles. The third kappa shape index (κ3) is 1.88. The SMILES string of the molecule is CN1CCN(C2(N)CC=Cc3ccccc32)CC1. The molecule has 96 valence electrons. The molecule has 0 radical (unpaired) electrons. The van der Waals surface area contributed by atoms with Gasteiger partial charge in [-0.3, -0.25) is 4.90 Å². The van der Waals surface area contributed by atoms with Crippen molar-refractivity contribution in [1.82, 2.24) is 9.80 Å². The van der Waals surface area contributed by atoms with Crippen molar-refractivity contribution in [1.29, 1.82) is 0 Å². The summed E-state index contributed by atoms with van der Waals surface area (Å²) in [6, 6.07) is 8.51. The lowest BCUT2D eigenvalue weighted by molar-refractivity contribution is 0.0411. The molecule has 1 aliphatic carbocycles. The van der Waals surface area contributed by atoms with Crippen LogP contribution in [0.5, 0.6) is 0 Å². The quantitative estimate of drug-likeness (QED) is 0.810. The van der Waals surface area contributed by atoms with E-state index in [1.807, 2.05) is 0 Å². The Bertz CT molecular complexity index is 461. The molecule has 1 aromatic carbocycles. The summed E-state index contributed by atoms with van der Waals surface area (Å²) in [6.45, 7) is 4.31. The second-order valence-corrected chi connectivity index (χ2v) is 5.41. The van der Waals surface area contributed by atoms with Crippen molar-refractivity contribution in [3.8, 4) is 0 Å².